The van der Waals surface area contributed by atoms with Gasteiger partial charge in [-0.15, -0.1) is 0 Å². The molecule has 0 aromatic carbocycles. The Kier molecular flexibility index (Phi) is 28.1. The van der Waals surface area contributed by atoms with Crippen LogP contribution in [0, 0.1) is 0 Å². The molecule has 0 rings (SSSR count). The standard InChI is InChI=1S/C39H73NO6/c1-5-9-10-11-12-13-14-15-16-17-18-19-20-21-22-23-24-25-26-27-28-29-33-40(34(30-6-2)37(41)42,35(31-7-3)38(43)44)36(32-8-4)39(45)46/h19-20,34-36H,5-18,21-33H2,1-4H3,(H2-,41,42,43,44,45,46)/b20-19+. The normalized spacial score (nSPS) is 15.0. The summed E-state index contributed by atoms with van der Waals surface area (Å²) in [6.07, 6.45) is 31.5. The van der Waals surface area contributed by atoms with Gasteiger partial charge in [-0.05, 0) is 51.4 Å². The van der Waals surface area contributed by atoms with E-state index in [1.807, 2.05) is 20.8 Å². The van der Waals surface area contributed by atoms with Crippen LogP contribution in [0.4, 0.5) is 0 Å². The largest absolute Gasteiger partial charge is 0.544 e. The van der Waals surface area contributed by atoms with Crippen LogP contribution in [0.5, 0.6) is 0 Å². The van der Waals surface area contributed by atoms with E-state index >= 15 is 0 Å². The number of carboxylic acids is 3. The Morgan fingerprint density at radius 3 is 1.15 bits per heavy atom. The predicted molar refractivity (Wildman–Crippen MR) is 189 cm³/mol. The minimum atomic E-state index is -1.33. The van der Waals surface area contributed by atoms with E-state index in [0.717, 1.165) is 32.1 Å². The van der Waals surface area contributed by atoms with Gasteiger partial charge in [-0.25, -0.2) is 9.59 Å². The molecule has 7 nitrogen and oxygen atoms in total. The van der Waals surface area contributed by atoms with Crippen molar-refractivity contribution in [3.8, 4) is 0 Å². The summed E-state index contributed by atoms with van der Waals surface area (Å²) < 4.78 is -0.435. The molecule has 3 unspecified atom stereocenters. The zero-order valence-electron chi connectivity index (χ0n) is 30.5. The molecule has 0 bridgehead atoms. The van der Waals surface area contributed by atoms with Gasteiger partial charge in [-0.2, -0.15) is 0 Å². The average molecular weight is 652 g/mol. The van der Waals surface area contributed by atoms with Crippen molar-refractivity contribution in [2.45, 2.75) is 213 Å². The minimum Gasteiger partial charge on any atom is -0.544 e. The van der Waals surface area contributed by atoms with Crippen LogP contribution in [-0.4, -0.2) is 57.3 Å². The fourth-order valence-electron chi connectivity index (χ4n) is 7.33. The van der Waals surface area contributed by atoms with E-state index in [1.54, 1.807) is 0 Å². The lowest BCUT2D eigenvalue weighted by Crippen LogP contribution is -2.74. The summed E-state index contributed by atoms with van der Waals surface area (Å²) in [5, 5.41) is 33.1. The fraction of sp³-hybridized carbons (Fsp3) is 0.872. The van der Waals surface area contributed by atoms with Gasteiger partial charge in [0.15, 0.2) is 12.1 Å². The number of hydrogen-bond donors (Lipinski definition) is 2. The number of aliphatic carboxylic acids is 3. The minimum absolute atomic E-state index is 0.206. The maximum absolute atomic E-state index is 12.6. The molecule has 0 radical (unpaired) electrons. The van der Waals surface area contributed by atoms with Crippen molar-refractivity contribution in [2.24, 2.45) is 0 Å². The van der Waals surface area contributed by atoms with E-state index in [0.29, 0.717) is 25.7 Å². The van der Waals surface area contributed by atoms with Crippen molar-refractivity contribution < 1.29 is 34.2 Å². The van der Waals surface area contributed by atoms with E-state index in [1.165, 1.54) is 89.9 Å². The zero-order chi connectivity index (χ0) is 34.5. The van der Waals surface area contributed by atoms with Crippen molar-refractivity contribution in [3.05, 3.63) is 12.2 Å². The molecule has 0 amide bonds. The summed E-state index contributed by atoms with van der Waals surface area (Å²) >= 11 is 0. The van der Waals surface area contributed by atoms with Gasteiger partial charge < -0.3 is 20.1 Å². The van der Waals surface area contributed by atoms with Crippen LogP contribution in [0.15, 0.2) is 12.2 Å². The summed E-state index contributed by atoms with van der Waals surface area (Å²) in [5.74, 6) is -3.55. The molecule has 0 saturated carbocycles. The smallest absolute Gasteiger partial charge is 0.362 e. The molecule has 7 heteroatoms. The van der Waals surface area contributed by atoms with Gasteiger partial charge in [-0.1, -0.05) is 136 Å². The second kappa shape index (κ2) is 29.3. The van der Waals surface area contributed by atoms with Crippen LogP contribution in [0.3, 0.4) is 0 Å². The third kappa shape index (κ3) is 18.4. The Balaban J connectivity index is 4.61. The SMILES string of the molecule is CCCCCCCCCCCC/C=C/CCCCCCCCCC[N+](C(CCC)C(=O)[O-])(C(CCC)C(=O)O)C(CCC)C(=O)O. The maximum Gasteiger partial charge on any atom is 0.362 e. The summed E-state index contributed by atoms with van der Waals surface area (Å²) in [5.41, 5.74) is 0. The molecule has 0 spiro atoms. The molecule has 3 atom stereocenters. The molecule has 46 heavy (non-hydrogen) atoms. The van der Waals surface area contributed by atoms with Crippen molar-refractivity contribution in [2.75, 3.05) is 6.54 Å². The Hall–Kier alpha value is -1.89. The van der Waals surface area contributed by atoms with E-state index in [9.17, 15) is 29.7 Å². The molecule has 0 fully saturated rings. The average Bonchev–Trinajstić information content (AvgIpc) is 3.02. The second-order valence-corrected chi connectivity index (χ2v) is 13.7. The van der Waals surface area contributed by atoms with E-state index in [4.69, 9.17) is 0 Å². The number of carbonyl (C=O) groups excluding carboxylic acids is 1. The molecule has 0 aromatic heterocycles. The Morgan fingerprint density at radius 2 is 0.826 bits per heavy atom. The number of nitrogens with zero attached hydrogens (tertiary/aromatic N) is 1. The van der Waals surface area contributed by atoms with Gasteiger partial charge in [0.25, 0.3) is 0 Å². The van der Waals surface area contributed by atoms with Crippen molar-refractivity contribution in [3.63, 3.8) is 0 Å². The molecule has 0 aromatic rings. The number of hydrogen-bond acceptors (Lipinski definition) is 4. The summed E-state index contributed by atoms with van der Waals surface area (Å²) in [7, 11) is 0. The van der Waals surface area contributed by atoms with Crippen LogP contribution < -0.4 is 5.11 Å². The number of quaternary nitrogens is 1. The lowest BCUT2D eigenvalue weighted by Gasteiger charge is -2.52. The van der Waals surface area contributed by atoms with Crippen molar-refractivity contribution >= 4 is 17.9 Å². The Morgan fingerprint density at radius 1 is 0.500 bits per heavy atom. The Labute approximate surface area is 283 Å². The topological polar surface area (TPSA) is 115 Å². The fourth-order valence-corrected chi connectivity index (χ4v) is 7.33. The lowest BCUT2D eigenvalue weighted by molar-refractivity contribution is -0.975. The summed E-state index contributed by atoms with van der Waals surface area (Å²) in [6.45, 7) is 8.09. The highest BCUT2D eigenvalue weighted by atomic mass is 16.4. The van der Waals surface area contributed by atoms with Crippen LogP contribution in [-0.2, 0) is 14.4 Å². The van der Waals surface area contributed by atoms with Crippen molar-refractivity contribution in [1.29, 1.82) is 0 Å². The quantitative estimate of drug-likeness (QED) is 0.0407. The first-order chi connectivity index (χ1) is 22.2. The lowest BCUT2D eigenvalue weighted by atomic mass is 9.91. The van der Waals surface area contributed by atoms with Gasteiger partial charge in [0, 0.05) is 19.3 Å². The molecular weight excluding hydrogens is 578 g/mol. The van der Waals surface area contributed by atoms with Gasteiger partial charge in [0.2, 0.25) is 0 Å². The second-order valence-electron chi connectivity index (χ2n) is 13.7. The number of carboxylic acid groups (broad SMARTS) is 3. The molecule has 0 heterocycles. The third-order valence-corrected chi connectivity index (χ3v) is 9.83. The van der Waals surface area contributed by atoms with Crippen LogP contribution >= 0.6 is 0 Å². The first kappa shape index (κ1) is 44.1. The molecule has 0 aliphatic heterocycles. The number of rotatable bonds is 34. The first-order valence-corrected chi connectivity index (χ1v) is 19.4. The molecule has 0 saturated heterocycles. The maximum atomic E-state index is 12.6. The molecular formula is C39H73NO6. The summed E-state index contributed by atoms with van der Waals surface area (Å²) in [6, 6.07) is -3.33. The summed E-state index contributed by atoms with van der Waals surface area (Å²) in [4.78, 5) is 37.7. The highest BCUT2D eigenvalue weighted by Gasteiger charge is 2.54. The zero-order valence-corrected chi connectivity index (χ0v) is 30.5. The van der Waals surface area contributed by atoms with Crippen LogP contribution in [0.2, 0.25) is 0 Å². The van der Waals surface area contributed by atoms with Gasteiger partial charge >= 0.3 is 11.9 Å². The van der Waals surface area contributed by atoms with E-state index in [-0.39, 0.29) is 25.8 Å². The molecule has 0 aliphatic rings. The van der Waals surface area contributed by atoms with Gasteiger partial charge in [0.1, 0.15) is 6.04 Å². The third-order valence-electron chi connectivity index (χ3n) is 9.83. The monoisotopic (exact) mass is 652 g/mol. The van der Waals surface area contributed by atoms with E-state index < -0.39 is 40.5 Å². The molecule has 2 N–H and O–H groups in total. The number of allylic oxidation sites excluding steroid dienone is 2. The number of unbranched alkanes of at least 4 members (excludes halogenated alkanes) is 18. The molecule has 270 valence electrons. The number of carbonyl (C=O) groups is 3. The van der Waals surface area contributed by atoms with Crippen LogP contribution in [0.25, 0.3) is 0 Å². The van der Waals surface area contributed by atoms with Crippen molar-refractivity contribution in [1.82, 2.24) is 0 Å². The van der Waals surface area contributed by atoms with E-state index in [2.05, 4.69) is 19.1 Å². The highest BCUT2D eigenvalue weighted by Crippen LogP contribution is 2.34. The predicted octanol–water partition coefficient (Wildman–Crippen LogP) is 9.61. The van der Waals surface area contributed by atoms with Gasteiger partial charge in [0.05, 0.1) is 12.5 Å². The van der Waals surface area contributed by atoms with Crippen LogP contribution in [0.1, 0.15) is 195 Å². The highest BCUT2D eigenvalue weighted by molar-refractivity contribution is 5.77. The Bertz CT molecular complexity index is 738. The molecule has 0 aliphatic carbocycles. The van der Waals surface area contributed by atoms with Gasteiger partial charge in [-0.3, -0.25) is 4.48 Å². The first-order valence-electron chi connectivity index (χ1n) is 19.4.